The van der Waals surface area contributed by atoms with Crippen molar-refractivity contribution in [1.82, 2.24) is 10.2 Å². The fourth-order valence-corrected chi connectivity index (χ4v) is 2.47. The molecule has 0 aliphatic rings. The van der Waals surface area contributed by atoms with Crippen LogP contribution in [-0.2, 0) is 0 Å². The van der Waals surface area contributed by atoms with Crippen LogP contribution in [0.25, 0.3) is 0 Å². The fourth-order valence-electron chi connectivity index (χ4n) is 2.47. The highest BCUT2D eigenvalue weighted by Gasteiger charge is 2.20. The van der Waals surface area contributed by atoms with E-state index < -0.39 is 0 Å². The van der Waals surface area contributed by atoms with E-state index in [4.69, 9.17) is 0 Å². The Morgan fingerprint density at radius 3 is 2.06 bits per heavy atom. The maximum atomic E-state index is 9.42. The highest BCUT2D eigenvalue weighted by Crippen LogP contribution is 2.13. The van der Waals surface area contributed by atoms with Gasteiger partial charge < -0.3 is 15.3 Å². The summed E-state index contributed by atoms with van der Waals surface area (Å²) in [4.78, 5) is 2.56. The van der Waals surface area contributed by atoms with Gasteiger partial charge in [-0.05, 0) is 58.8 Å². The van der Waals surface area contributed by atoms with Crippen LogP contribution in [0.2, 0.25) is 0 Å². The van der Waals surface area contributed by atoms with Gasteiger partial charge in [0.25, 0.3) is 0 Å². The van der Waals surface area contributed by atoms with Crippen LogP contribution in [0.4, 0.5) is 0 Å². The zero-order valence-corrected chi connectivity index (χ0v) is 13.0. The van der Waals surface area contributed by atoms with Gasteiger partial charge in [0.1, 0.15) is 0 Å². The molecule has 0 aromatic heterocycles. The topological polar surface area (TPSA) is 35.5 Å². The van der Waals surface area contributed by atoms with Gasteiger partial charge in [0.15, 0.2) is 0 Å². The Balaban J connectivity index is 3.80. The zero-order valence-electron chi connectivity index (χ0n) is 13.0. The number of aliphatic hydroxyl groups excluding tert-OH is 1. The summed E-state index contributed by atoms with van der Waals surface area (Å²) < 4.78 is 0. The fraction of sp³-hybridized carbons (Fsp3) is 1.00. The largest absolute Gasteiger partial charge is 0.394 e. The van der Waals surface area contributed by atoms with Gasteiger partial charge >= 0.3 is 0 Å². The number of hydrogen-bond acceptors (Lipinski definition) is 3. The van der Waals surface area contributed by atoms with E-state index in [9.17, 15) is 5.11 Å². The molecule has 0 aromatic rings. The van der Waals surface area contributed by atoms with Crippen molar-refractivity contribution in [3.63, 3.8) is 0 Å². The van der Waals surface area contributed by atoms with Gasteiger partial charge in [-0.15, -0.1) is 0 Å². The van der Waals surface area contributed by atoms with E-state index in [-0.39, 0.29) is 12.1 Å². The Bertz CT molecular complexity index is 181. The van der Waals surface area contributed by atoms with Crippen LogP contribution in [0.5, 0.6) is 0 Å². The maximum Gasteiger partial charge on any atom is 0.0610 e. The molecule has 0 spiro atoms. The summed E-state index contributed by atoms with van der Waals surface area (Å²) in [6.45, 7) is 13.5. The van der Waals surface area contributed by atoms with Crippen molar-refractivity contribution < 1.29 is 5.11 Å². The molecular formula is C15H34N2O. The molecule has 1 atom stereocenters. The third-order valence-corrected chi connectivity index (χ3v) is 3.49. The molecular weight excluding hydrogens is 224 g/mol. The van der Waals surface area contributed by atoms with E-state index in [1.807, 2.05) is 0 Å². The lowest BCUT2D eigenvalue weighted by Gasteiger charge is -2.29. The summed E-state index contributed by atoms with van der Waals surface area (Å²) in [5.74, 6) is 0. The number of likely N-dealkylation sites (N-methyl/N-ethyl adjacent to an activating group) is 1. The summed E-state index contributed by atoms with van der Waals surface area (Å²) >= 11 is 0. The Hall–Kier alpha value is -0.120. The first-order valence-electron chi connectivity index (χ1n) is 7.70. The second kappa shape index (κ2) is 10.8. The Morgan fingerprint density at radius 1 is 1.00 bits per heavy atom. The van der Waals surface area contributed by atoms with Crippen molar-refractivity contribution in [2.75, 3.05) is 32.8 Å². The van der Waals surface area contributed by atoms with Gasteiger partial charge in [0, 0.05) is 5.54 Å². The first-order chi connectivity index (χ1) is 8.61. The number of hydrogen-bond donors (Lipinski definition) is 2. The van der Waals surface area contributed by atoms with E-state index in [1.165, 1.54) is 45.3 Å². The first kappa shape index (κ1) is 17.9. The molecule has 0 amide bonds. The van der Waals surface area contributed by atoms with Crippen molar-refractivity contribution in [1.29, 1.82) is 0 Å². The molecule has 3 heteroatoms. The van der Waals surface area contributed by atoms with E-state index >= 15 is 0 Å². The lowest BCUT2D eigenvalue weighted by atomic mass is 9.95. The lowest BCUT2D eigenvalue weighted by molar-refractivity contribution is 0.162. The lowest BCUT2D eigenvalue weighted by Crippen LogP contribution is -2.45. The molecule has 2 N–H and O–H groups in total. The second-order valence-corrected chi connectivity index (χ2v) is 5.55. The summed E-state index contributed by atoms with van der Waals surface area (Å²) in [6.07, 6.45) is 5.97. The highest BCUT2D eigenvalue weighted by molar-refractivity contribution is 4.81. The third kappa shape index (κ3) is 8.06. The molecule has 0 rings (SSSR count). The minimum atomic E-state index is -0.0882. The third-order valence-electron chi connectivity index (χ3n) is 3.49. The molecule has 0 aromatic carbocycles. The average Bonchev–Trinajstić information content (AvgIpc) is 2.35. The van der Waals surface area contributed by atoms with E-state index in [0.717, 1.165) is 13.0 Å². The van der Waals surface area contributed by atoms with Crippen LogP contribution in [0.15, 0.2) is 0 Å². The Morgan fingerprint density at radius 2 is 1.61 bits per heavy atom. The van der Waals surface area contributed by atoms with Gasteiger partial charge in [-0.25, -0.2) is 0 Å². The van der Waals surface area contributed by atoms with Gasteiger partial charge in [0.05, 0.1) is 6.61 Å². The minimum Gasteiger partial charge on any atom is -0.394 e. The molecule has 0 saturated carbocycles. The monoisotopic (exact) mass is 258 g/mol. The molecule has 0 heterocycles. The molecule has 0 aliphatic carbocycles. The quantitative estimate of drug-likeness (QED) is 0.528. The van der Waals surface area contributed by atoms with Crippen molar-refractivity contribution in [3.05, 3.63) is 0 Å². The summed E-state index contributed by atoms with van der Waals surface area (Å²) in [5, 5.41) is 12.8. The highest BCUT2D eigenvalue weighted by atomic mass is 16.3. The van der Waals surface area contributed by atoms with E-state index in [2.05, 4.69) is 37.9 Å². The van der Waals surface area contributed by atoms with Gasteiger partial charge in [0.2, 0.25) is 0 Å². The molecule has 0 saturated heterocycles. The molecule has 0 fully saturated rings. The molecule has 0 bridgehead atoms. The van der Waals surface area contributed by atoms with E-state index in [0.29, 0.717) is 0 Å². The van der Waals surface area contributed by atoms with Crippen LogP contribution >= 0.6 is 0 Å². The van der Waals surface area contributed by atoms with Crippen molar-refractivity contribution in [2.24, 2.45) is 0 Å². The Labute approximate surface area is 114 Å². The summed E-state index contributed by atoms with van der Waals surface area (Å²) in [7, 11) is 0. The maximum absolute atomic E-state index is 9.42. The van der Waals surface area contributed by atoms with Gasteiger partial charge in [-0.1, -0.05) is 27.2 Å². The van der Waals surface area contributed by atoms with Crippen molar-refractivity contribution in [3.8, 4) is 0 Å². The normalized spacial score (nSPS) is 15.0. The first-order valence-corrected chi connectivity index (χ1v) is 7.70. The van der Waals surface area contributed by atoms with Crippen LogP contribution in [-0.4, -0.2) is 48.3 Å². The average molecular weight is 258 g/mol. The molecule has 18 heavy (non-hydrogen) atoms. The predicted molar refractivity (Wildman–Crippen MR) is 80.0 cm³/mol. The SMILES string of the molecule is CCCN(CCC)CCCCC(C)(CO)NCC. The molecule has 0 radical (unpaired) electrons. The predicted octanol–water partition coefficient (Wildman–Crippen LogP) is 2.64. The number of aliphatic hydroxyl groups is 1. The molecule has 3 nitrogen and oxygen atoms in total. The second-order valence-electron chi connectivity index (χ2n) is 5.55. The standard InChI is InChI=1S/C15H34N2O/c1-5-11-17(12-6-2)13-9-8-10-15(4,14-18)16-7-3/h16,18H,5-14H2,1-4H3. The van der Waals surface area contributed by atoms with Crippen LogP contribution in [0, 0.1) is 0 Å². The van der Waals surface area contributed by atoms with Gasteiger partial charge in [-0.2, -0.15) is 0 Å². The smallest absolute Gasteiger partial charge is 0.0610 e. The summed E-state index contributed by atoms with van der Waals surface area (Å²) in [5.41, 5.74) is -0.0882. The zero-order chi connectivity index (χ0) is 13.9. The Kier molecular flexibility index (Phi) is 10.7. The number of rotatable bonds is 12. The van der Waals surface area contributed by atoms with Crippen LogP contribution < -0.4 is 5.32 Å². The van der Waals surface area contributed by atoms with Crippen LogP contribution in [0.3, 0.4) is 0 Å². The number of nitrogens with zero attached hydrogens (tertiary/aromatic N) is 1. The number of nitrogens with one attached hydrogen (secondary N) is 1. The van der Waals surface area contributed by atoms with Crippen LogP contribution in [0.1, 0.15) is 59.8 Å². The molecule has 1 unspecified atom stereocenters. The molecule has 110 valence electrons. The van der Waals surface area contributed by atoms with Crippen molar-refractivity contribution in [2.45, 2.75) is 65.3 Å². The van der Waals surface area contributed by atoms with E-state index in [1.54, 1.807) is 0 Å². The molecule has 0 aliphatic heterocycles. The summed E-state index contributed by atoms with van der Waals surface area (Å²) in [6, 6.07) is 0. The number of unbranched alkanes of at least 4 members (excludes halogenated alkanes) is 1. The minimum absolute atomic E-state index is 0.0882. The van der Waals surface area contributed by atoms with Crippen molar-refractivity contribution >= 4 is 0 Å². The van der Waals surface area contributed by atoms with Gasteiger partial charge in [-0.3, -0.25) is 0 Å².